The molecule has 2 aliphatic heterocycles. The molecule has 26 heavy (non-hydrogen) atoms. The molecule has 1 unspecified atom stereocenters. The summed E-state index contributed by atoms with van der Waals surface area (Å²) in [5.41, 5.74) is 1.96. The standard InChI is InChI=1S/C21H22ClN3O/c22-17-9-11-18(12-10-17)25-20(26)19(15-16-7-3-1-4-8-16)23-21(25)24-13-5-2-6-14-24/h1,3-4,7-12,19H,2,5-6,13-15H2. The van der Waals surface area contributed by atoms with Crippen molar-refractivity contribution in [2.24, 2.45) is 4.99 Å². The molecule has 0 saturated carbocycles. The highest BCUT2D eigenvalue weighted by molar-refractivity contribution is 6.30. The molecule has 0 radical (unpaired) electrons. The molecule has 4 nitrogen and oxygen atoms in total. The lowest BCUT2D eigenvalue weighted by atomic mass is 10.1. The summed E-state index contributed by atoms with van der Waals surface area (Å²) in [6, 6.07) is 17.2. The number of hydrogen-bond donors (Lipinski definition) is 0. The van der Waals surface area contributed by atoms with Gasteiger partial charge in [0.05, 0.1) is 5.69 Å². The van der Waals surface area contributed by atoms with Gasteiger partial charge in [-0.3, -0.25) is 4.79 Å². The van der Waals surface area contributed by atoms with Gasteiger partial charge in [-0.1, -0.05) is 41.9 Å². The second kappa shape index (κ2) is 7.50. The highest BCUT2D eigenvalue weighted by Gasteiger charge is 2.38. The number of aliphatic imine (C=N–C) groups is 1. The Morgan fingerprint density at radius 2 is 1.65 bits per heavy atom. The van der Waals surface area contributed by atoms with Crippen molar-refractivity contribution in [3.63, 3.8) is 0 Å². The van der Waals surface area contributed by atoms with Crippen LogP contribution in [0.1, 0.15) is 24.8 Å². The summed E-state index contributed by atoms with van der Waals surface area (Å²) in [4.78, 5) is 22.1. The van der Waals surface area contributed by atoms with Crippen molar-refractivity contribution in [2.45, 2.75) is 31.7 Å². The first-order valence-corrected chi connectivity index (χ1v) is 9.56. The van der Waals surface area contributed by atoms with Crippen molar-refractivity contribution in [3.8, 4) is 0 Å². The van der Waals surface area contributed by atoms with Gasteiger partial charge < -0.3 is 4.90 Å². The summed E-state index contributed by atoms with van der Waals surface area (Å²) in [6.07, 6.45) is 4.16. The summed E-state index contributed by atoms with van der Waals surface area (Å²) in [7, 11) is 0. The maximum absolute atomic E-state index is 13.2. The van der Waals surface area contributed by atoms with Crippen molar-refractivity contribution in [2.75, 3.05) is 18.0 Å². The Balaban J connectivity index is 1.65. The number of carbonyl (C=O) groups excluding carboxylic acids is 1. The van der Waals surface area contributed by atoms with Crippen LogP contribution in [0, 0.1) is 0 Å². The van der Waals surface area contributed by atoms with Crippen molar-refractivity contribution in [1.82, 2.24) is 4.90 Å². The lowest BCUT2D eigenvalue weighted by Crippen LogP contribution is -2.46. The first-order chi connectivity index (χ1) is 12.7. The fourth-order valence-electron chi connectivity index (χ4n) is 3.62. The zero-order valence-corrected chi connectivity index (χ0v) is 15.4. The van der Waals surface area contributed by atoms with Crippen molar-refractivity contribution in [3.05, 3.63) is 65.2 Å². The van der Waals surface area contributed by atoms with E-state index in [-0.39, 0.29) is 11.9 Å². The van der Waals surface area contributed by atoms with E-state index in [4.69, 9.17) is 16.6 Å². The molecule has 0 bridgehead atoms. The minimum absolute atomic E-state index is 0.0387. The summed E-state index contributed by atoms with van der Waals surface area (Å²) in [6.45, 7) is 1.91. The lowest BCUT2D eigenvalue weighted by molar-refractivity contribution is -0.118. The number of carbonyl (C=O) groups is 1. The summed E-state index contributed by atoms with van der Waals surface area (Å²) in [5, 5.41) is 0.665. The number of piperidine rings is 1. The van der Waals surface area contributed by atoms with Gasteiger partial charge >= 0.3 is 0 Å². The number of anilines is 1. The predicted molar refractivity (Wildman–Crippen MR) is 106 cm³/mol. The maximum Gasteiger partial charge on any atom is 0.259 e. The van der Waals surface area contributed by atoms with Gasteiger partial charge in [0.25, 0.3) is 5.91 Å². The van der Waals surface area contributed by atoms with E-state index in [9.17, 15) is 4.79 Å². The normalized spacial score (nSPS) is 20.4. The van der Waals surface area contributed by atoms with Crippen LogP contribution in [0.2, 0.25) is 5.02 Å². The smallest absolute Gasteiger partial charge is 0.259 e. The third-order valence-electron chi connectivity index (χ3n) is 4.97. The Kier molecular flexibility index (Phi) is 4.93. The van der Waals surface area contributed by atoms with Gasteiger partial charge in [-0.2, -0.15) is 0 Å². The third-order valence-corrected chi connectivity index (χ3v) is 5.22. The zero-order valence-electron chi connectivity index (χ0n) is 14.6. The number of rotatable bonds is 3. The molecular weight excluding hydrogens is 346 g/mol. The Morgan fingerprint density at radius 3 is 2.35 bits per heavy atom. The molecule has 1 fully saturated rings. The van der Waals surface area contributed by atoms with Crippen LogP contribution < -0.4 is 4.90 Å². The molecule has 1 saturated heterocycles. The van der Waals surface area contributed by atoms with Crippen LogP contribution in [0.4, 0.5) is 5.69 Å². The fourth-order valence-corrected chi connectivity index (χ4v) is 3.75. The minimum Gasteiger partial charge on any atom is -0.342 e. The predicted octanol–water partition coefficient (Wildman–Crippen LogP) is 4.14. The zero-order chi connectivity index (χ0) is 17.9. The number of likely N-dealkylation sites (tertiary alicyclic amines) is 1. The Hall–Kier alpha value is -2.33. The van der Waals surface area contributed by atoms with Crippen LogP contribution in [-0.2, 0) is 11.2 Å². The molecule has 2 aromatic carbocycles. The quantitative estimate of drug-likeness (QED) is 0.817. The number of amides is 1. The highest BCUT2D eigenvalue weighted by Crippen LogP contribution is 2.27. The second-order valence-electron chi connectivity index (χ2n) is 6.83. The Bertz CT molecular complexity index is 798. The van der Waals surface area contributed by atoms with Gasteiger partial charge in [-0.25, -0.2) is 9.89 Å². The van der Waals surface area contributed by atoms with E-state index in [1.165, 1.54) is 6.42 Å². The van der Waals surface area contributed by atoms with E-state index in [0.717, 1.165) is 43.1 Å². The van der Waals surface area contributed by atoms with Crippen LogP contribution in [0.15, 0.2) is 59.6 Å². The van der Waals surface area contributed by atoms with Crippen LogP contribution in [0.25, 0.3) is 0 Å². The SMILES string of the molecule is O=C1C(Cc2ccccc2)N=C(N2CCCCC2)N1c1ccc(Cl)cc1. The summed E-state index contributed by atoms with van der Waals surface area (Å²) < 4.78 is 0. The monoisotopic (exact) mass is 367 g/mol. The van der Waals surface area contributed by atoms with Gasteiger partial charge in [0.2, 0.25) is 5.96 Å². The van der Waals surface area contributed by atoms with Crippen molar-refractivity contribution < 1.29 is 4.79 Å². The summed E-state index contributed by atoms with van der Waals surface area (Å²) in [5.74, 6) is 0.828. The Morgan fingerprint density at radius 1 is 0.962 bits per heavy atom. The average Bonchev–Trinajstić information content (AvgIpc) is 3.00. The topological polar surface area (TPSA) is 35.9 Å². The maximum atomic E-state index is 13.2. The highest BCUT2D eigenvalue weighted by atomic mass is 35.5. The molecule has 0 aromatic heterocycles. The summed E-state index contributed by atoms with van der Waals surface area (Å²) >= 11 is 6.03. The van der Waals surface area contributed by atoms with Crippen LogP contribution >= 0.6 is 11.6 Å². The van der Waals surface area contributed by atoms with Gasteiger partial charge in [-0.15, -0.1) is 0 Å². The van der Waals surface area contributed by atoms with Crippen molar-refractivity contribution in [1.29, 1.82) is 0 Å². The molecule has 2 aliphatic rings. The van der Waals surface area contributed by atoms with Gasteiger partial charge in [0, 0.05) is 24.5 Å². The lowest BCUT2D eigenvalue weighted by Gasteiger charge is -2.32. The number of hydrogen-bond acceptors (Lipinski definition) is 3. The van der Waals surface area contributed by atoms with Gasteiger partial charge in [0.1, 0.15) is 6.04 Å². The largest absolute Gasteiger partial charge is 0.342 e. The van der Waals surface area contributed by atoms with Crippen molar-refractivity contribution >= 4 is 29.2 Å². The molecule has 2 aromatic rings. The van der Waals surface area contributed by atoms with E-state index in [0.29, 0.717) is 11.4 Å². The minimum atomic E-state index is -0.370. The first kappa shape index (κ1) is 17.1. The molecule has 5 heteroatoms. The molecule has 0 N–H and O–H groups in total. The number of nitrogens with zero attached hydrogens (tertiary/aromatic N) is 3. The number of halogens is 1. The number of benzene rings is 2. The molecule has 0 aliphatic carbocycles. The van der Waals surface area contributed by atoms with Crippen LogP contribution in [0.5, 0.6) is 0 Å². The van der Waals surface area contributed by atoms with E-state index >= 15 is 0 Å². The Labute approximate surface area is 159 Å². The molecule has 0 spiro atoms. The molecule has 134 valence electrons. The molecular formula is C21H22ClN3O. The number of guanidine groups is 1. The molecule has 4 rings (SSSR count). The van der Waals surface area contributed by atoms with E-state index in [2.05, 4.69) is 4.90 Å². The van der Waals surface area contributed by atoms with Gasteiger partial charge in [-0.05, 0) is 49.1 Å². The van der Waals surface area contributed by atoms with Crippen LogP contribution in [0.3, 0.4) is 0 Å². The molecule has 2 heterocycles. The molecule has 1 amide bonds. The fraction of sp³-hybridized carbons (Fsp3) is 0.333. The van der Waals surface area contributed by atoms with Crippen LogP contribution in [-0.4, -0.2) is 35.9 Å². The average molecular weight is 368 g/mol. The third kappa shape index (κ3) is 3.47. The first-order valence-electron chi connectivity index (χ1n) is 9.18. The van der Waals surface area contributed by atoms with E-state index < -0.39 is 0 Å². The molecule has 1 atom stereocenters. The van der Waals surface area contributed by atoms with E-state index in [1.54, 1.807) is 4.90 Å². The van der Waals surface area contributed by atoms with Gasteiger partial charge in [0.15, 0.2) is 0 Å². The van der Waals surface area contributed by atoms with E-state index in [1.807, 2.05) is 54.6 Å². The second-order valence-corrected chi connectivity index (χ2v) is 7.27.